The molecule has 1 aliphatic heterocycles. The van der Waals surface area contributed by atoms with Gasteiger partial charge in [0.15, 0.2) is 0 Å². The number of phenols is 1. The van der Waals surface area contributed by atoms with Crippen molar-refractivity contribution in [3.63, 3.8) is 0 Å². The summed E-state index contributed by atoms with van der Waals surface area (Å²) in [4.78, 5) is 14.0. The predicted octanol–water partition coefficient (Wildman–Crippen LogP) is 2.19. The number of carbonyl (C=O) groups is 1. The van der Waals surface area contributed by atoms with Gasteiger partial charge in [-0.15, -0.1) is 0 Å². The Morgan fingerprint density at radius 2 is 2.24 bits per heavy atom. The second-order valence-corrected chi connectivity index (χ2v) is 4.89. The summed E-state index contributed by atoms with van der Waals surface area (Å²) in [6.07, 6.45) is 2.60. The number of hydrogen-bond acceptors (Lipinski definition) is 2. The maximum absolute atomic E-state index is 12.1. The third kappa shape index (κ3) is 2.99. The molecule has 0 aromatic heterocycles. The van der Waals surface area contributed by atoms with Crippen LogP contribution >= 0.6 is 0 Å². The average Bonchev–Trinajstić information content (AvgIpc) is 2.32. The van der Waals surface area contributed by atoms with E-state index in [1.165, 1.54) is 6.42 Å². The van der Waals surface area contributed by atoms with Gasteiger partial charge in [0.25, 0.3) is 0 Å². The summed E-state index contributed by atoms with van der Waals surface area (Å²) in [5, 5.41) is 9.64. The van der Waals surface area contributed by atoms with E-state index in [9.17, 15) is 9.90 Å². The van der Waals surface area contributed by atoms with Crippen molar-refractivity contribution < 1.29 is 9.90 Å². The second kappa shape index (κ2) is 5.21. The van der Waals surface area contributed by atoms with Crippen LogP contribution in [-0.4, -0.2) is 29.0 Å². The molecule has 17 heavy (non-hydrogen) atoms. The minimum absolute atomic E-state index is 0.123. The SMILES string of the molecule is CC1CCCN(C(=O)Cc2ccccc2O)C1. The zero-order valence-electron chi connectivity index (χ0n) is 10.2. The van der Waals surface area contributed by atoms with E-state index in [-0.39, 0.29) is 11.7 Å². The van der Waals surface area contributed by atoms with Crippen molar-refractivity contribution in [3.8, 4) is 5.75 Å². The van der Waals surface area contributed by atoms with Crippen molar-refractivity contribution in [1.82, 2.24) is 4.90 Å². The number of phenolic OH excluding ortho intramolecular Hbond substituents is 1. The topological polar surface area (TPSA) is 40.5 Å². The summed E-state index contributed by atoms with van der Waals surface area (Å²) in [5.41, 5.74) is 0.718. The Kier molecular flexibility index (Phi) is 3.67. The molecule has 1 aromatic rings. The molecule has 1 N–H and O–H groups in total. The molecule has 1 atom stereocenters. The summed E-state index contributed by atoms with van der Waals surface area (Å²) in [6.45, 7) is 3.89. The van der Waals surface area contributed by atoms with E-state index in [1.54, 1.807) is 18.2 Å². The van der Waals surface area contributed by atoms with E-state index < -0.39 is 0 Å². The molecular formula is C14H19NO2. The van der Waals surface area contributed by atoms with Crippen LogP contribution in [-0.2, 0) is 11.2 Å². The first-order valence-electron chi connectivity index (χ1n) is 6.21. The Morgan fingerprint density at radius 3 is 2.94 bits per heavy atom. The smallest absolute Gasteiger partial charge is 0.227 e. The monoisotopic (exact) mass is 233 g/mol. The Hall–Kier alpha value is -1.51. The zero-order valence-corrected chi connectivity index (χ0v) is 10.2. The van der Waals surface area contributed by atoms with Crippen molar-refractivity contribution in [3.05, 3.63) is 29.8 Å². The molecule has 0 aliphatic carbocycles. The van der Waals surface area contributed by atoms with E-state index in [1.807, 2.05) is 11.0 Å². The van der Waals surface area contributed by atoms with Crippen LogP contribution in [0.4, 0.5) is 0 Å². The molecule has 0 radical (unpaired) electrons. The van der Waals surface area contributed by atoms with Crippen molar-refractivity contribution in [2.45, 2.75) is 26.2 Å². The molecule has 1 saturated heterocycles. The molecule has 1 unspecified atom stereocenters. The van der Waals surface area contributed by atoms with Crippen molar-refractivity contribution in [2.24, 2.45) is 5.92 Å². The minimum atomic E-state index is 0.123. The fourth-order valence-corrected chi connectivity index (χ4v) is 2.35. The number of piperidine rings is 1. The first-order valence-corrected chi connectivity index (χ1v) is 6.21. The van der Waals surface area contributed by atoms with Gasteiger partial charge in [-0.2, -0.15) is 0 Å². The van der Waals surface area contributed by atoms with Crippen LogP contribution in [0.3, 0.4) is 0 Å². The van der Waals surface area contributed by atoms with Gasteiger partial charge in [-0.1, -0.05) is 25.1 Å². The van der Waals surface area contributed by atoms with Gasteiger partial charge < -0.3 is 10.0 Å². The fraction of sp³-hybridized carbons (Fsp3) is 0.500. The van der Waals surface area contributed by atoms with Gasteiger partial charge in [0, 0.05) is 18.7 Å². The van der Waals surface area contributed by atoms with Gasteiger partial charge in [-0.25, -0.2) is 0 Å². The number of rotatable bonds is 2. The van der Waals surface area contributed by atoms with E-state index >= 15 is 0 Å². The highest BCUT2D eigenvalue weighted by atomic mass is 16.3. The molecule has 92 valence electrons. The van der Waals surface area contributed by atoms with E-state index in [2.05, 4.69) is 6.92 Å². The maximum Gasteiger partial charge on any atom is 0.227 e. The average molecular weight is 233 g/mol. The summed E-state index contributed by atoms with van der Waals surface area (Å²) in [5.74, 6) is 0.932. The molecular weight excluding hydrogens is 214 g/mol. The highest BCUT2D eigenvalue weighted by Gasteiger charge is 2.21. The normalized spacial score (nSPS) is 20.3. The van der Waals surface area contributed by atoms with Crippen molar-refractivity contribution in [2.75, 3.05) is 13.1 Å². The Morgan fingerprint density at radius 1 is 1.47 bits per heavy atom. The lowest BCUT2D eigenvalue weighted by Crippen LogP contribution is -2.39. The van der Waals surface area contributed by atoms with Crippen LogP contribution in [0.5, 0.6) is 5.75 Å². The standard InChI is InChI=1S/C14H19NO2/c1-11-5-4-8-15(10-11)14(17)9-12-6-2-3-7-13(12)16/h2-3,6-7,11,16H,4-5,8-10H2,1H3. The number of para-hydroxylation sites is 1. The van der Waals surface area contributed by atoms with Crippen molar-refractivity contribution in [1.29, 1.82) is 0 Å². The van der Waals surface area contributed by atoms with E-state index in [4.69, 9.17) is 0 Å². The molecule has 1 aliphatic rings. The number of nitrogens with zero attached hydrogens (tertiary/aromatic N) is 1. The van der Waals surface area contributed by atoms with Crippen LogP contribution in [0.25, 0.3) is 0 Å². The number of benzene rings is 1. The third-order valence-electron chi connectivity index (χ3n) is 3.34. The molecule has 3 nitrogen and oxygen atoms in total. The van der Waals surface area contributed by atoms with E-state index in [0.29, 0.717) is 12.3 Å². The Labute approximate surface area is 102 Å². The van der Waals surface area contributed by atoms with E-state index in [0.717, 1.165) is 25.1 Å². The summed E-state index contributed by atoms with van der Waals surface area (Å²) in [6, 6.07) is 7.05. The highest BCUT2D eigenvalue weighted by molar-refractivity contribution is 5.79. The molecule has 3 heteroatoms. The maximum atomic E-state index is 12.1. The second-order valence-electron chi connectivity index (χ2n) is 4.89. The fourth-order valence-electron chi connectivity index (χ4n) is 2.35. The quantitative estimate of drug-likeness (QED) is 0.850. The first kappa shape index (κ1) is 12.0. The lowest BCUT2D eigenvalue weighted by atomic mass is 9.99. The number of amides is 1. The van der Waals surface area contributed by atoms with Gasteiger partial charge in [0.1, 0.15) is 5.75 Å². The highest BCUT2D eigenvalue weighted by Crippen LogP contribution is 2.20. The molecule has 1 fully saturated rings. The van der Waals surface area contributed by atoms with Crippen LogP contribution in [0.15, 0.2) is 24.3 Å². The number of hydrogen-bond donors (Lipinski definition) is 1. The van der Waals surface area contributed by atoms with Crippen LogP contribution in [0.2, 0.25) is 0 Å². The zero-order chi connectivity index (χ0) is 12.3. The third-order valence-corrected chi connectivity index (χ3v) is 3.34. The lowest BCUT2D eigenvalue weighted by Gasteiger charge is -2.31. The Balaban J connectivity index is 1.99. The summed E-state index contributed by atoms with van der Waals surface area (Å²) >= 11 is 0. The molecule has 2 rings (SSSR count). The summed E-state index contributed by atoms with van der Waals surface area (Å²) in [7, 11) is 0. The summed E-state index contributed by atoms with van der Waals surface area (Å²) < 4.78 is 0. The molecule has 1 heterocycles. The van der Waals surface area contributed by atoms with Gasteiger partial charge in [-0.05, 0) is 24.8 Å². The first-order chi connectivity index (χ1) is 8.16. The molecule has 0 saturated carbocycles. The van der Waals surface area contributed by atoms with Gasteiger partial charge in [-0.3, -0.25) is 4.79 Å². The molecule has 1 amide bonds. The largest absolute Gasteiger partial charge is 0.508 e. The molecule has 0 spiro atoms. The minimum Gasteiger partial charge on any atom is -0.508 e. The van der Waals surface area contributed by atoms with Gasteiger partial charge >= 0.3 is 0 Å². The number of aromatic hydroxyl groups is 1. The van der Waals surface area contributed by atoms with Gasteiger partial charge in [0.05, 0.1) is 6.42 Å². The number of carbonyl (C=O) groups excluding carboxylic acids is 1. The Bertz CT molecular complexity index is 403. The molecule has 1 aromatic carbocycles. The lowest BCUT2D eigenvalue weighted by molar-refractivity contribution is -0.132. The molecule has 0 bridgehead atoms. The predicted molar refractivity (Wildman–Crippen MR) is 66.8 cm³/mol. The van der Waals surface area contributed by atoms with Crippen LogP contribution < -0.4 is 0 Å². The van der Waals surface area contributed by atoms with Crippen molar-refractivity contribution >= 4 is 5.91 Å². The van der Waals surface area contributed by atoms with Crippen LogP contribution in [0, 0.1) is 5.92 Å². The van der Waals surface area contributed by atoms with Gasteiger partial charge in [0.2, 0.25) is 5.91 Å². The van der Waals surface area contributed by atoms with Crippen LogP contribution in [0.1, 0.15) is 25.3 Å². The number of likely N-dealkylation sites (tertiary alicyclic amines) is 1.